The van der Waals surface area contributed by atoms with Crippen LogP contribution in [0.5, 0.6) is 11.5 Å². The Morgan fingerprint density at radius 3 is 2.88 bits per heavy atom. The van der Waals surface area contributed by atoms with E-state index in [1.807, 2.05) is 42.5 Å². The van der Waals surface area contributed by atoms with Crippen LogP contribution in [0.25, 0.3) is 0 Å². The summed E-state index contributed by atoms with van der Waals surface area (Å²) in [6, 6.07) is 13.1. The number of hydrogen-bond acceptors (Lipinski definition) is 4. The fourth-order valence-electron chi connectivity index (χ4n) is 3.24. The first-order chi connectivity index (χ1) is 12.1. The Morgan fingerprint density at radius 1 is 1.20 bits per heavy atom. The molecular weight excluding hydrogens is 320 g/mol. The van der Waals surface area contributed by atoms with Crippen LogP contribution < -0.4 is 19.7 Å². The van der Waals surface area contributed by atoms with Crippen molar-refractivity contribution >= 4 is 17.5 Å². The summed E-state index contributed by atoms with van der Waals surface area (Å²) in [6.45, 7) is 0.595. The lowest BCUT2D eigenvalue weighted by atomic mass is 9.89. The number of fused-ring (bicyclic) bond motifs is 2. The van der Waals surface area contributed by atoms with E-state index in [0.717, 1.165) is 16.8 Å². The summed E-state index contributed by atoms with van der Waals surface area (Å²) >= 11 is 0. The monoisotopic (exact) mass is 338 g/mol. The average Bonchev–Trinajstić information content (AvgIpc) is 3.10. The van der Waals surface area contributed by atoms with Gasteiger partial charge in [0.1, 0.15) is 0 Å². The van der Waals surface area contributed by atoms with E-state index in [1.165, 1.54) is 0 Å². The Labute approximate surface area is 145 Å². The van der Waals surface area contributed by atoms with Crippen LogP contribution in [0.2, 0.25) is 0 Å². The molecule has 2 aliphatic rings. The highest BCUT2D eigenvalue weighted by atomic mass is 16.7. The molecule has 1 atom stereocenters. The molecule has 1 unspecified atom stereocenters. The fraction of sp³-hybridized carbons (Fsp3) is 0.263. The van der Waals surface area contributed by atoms with E-state index >= 15 is 0 Å². The standard InChI is InChI=1S/C19H18N2O4/c1-21-15-5-3-2-4-13(15)14(9-18(21)22)19(23)20-10-12-6-7-16-17(8-12)25-11-24-16/h2-8,14H,9-11H2,1H3,(H,20,23). The molecule has 128 valence electrons. The maximum atomic E-state index is 12.7. The van der Waals surface area contributed by atoms with E-state index < -0.39 is 5.92 Å². The lowest BCUT2D eigenvalue weighted by molar-refractivity contribution is -0.127. The third-order valence-corrected chi connectivity index (χ3v) is 4.65. The van der Waals surface area contributed by atoms with Crippen LogP contribution in [0, 0.1) is 0 Å². The number of rotatable bonds is 3. The van der Waals surface area contributed by atoms with Crippen molar-refractivity contribution in [2.75, 3.05) is 18.7 Å². The number of carbonyl (C=O) groups excluding carboxylic acids is 2. The van der Waals surface area contributed by atoms with Crippen LogP contribution in [0.3, 0.4) is 0 Å². The van der Waals surface area contributed by atoms with Gasteiger partial charge >= 0.3 is 0 Å². The van der Waals surface area contributed by atoms with Crippen LogP contribution in [0.1, 0.15) is 23.5 Å². The molecule has 0 spiro atoms. The SMILES string of the molecule is CN1C(=O)CC(C(=O)NCc2ccc3c(c2)OCO3)c2ccccc21. The van der Waals surface area contributed by atoms with E-state index in [2.05, 4.69) is 5.32 Å². The maximum absolute atomic E-state index is 12.7. The minimum absolute atomic E-state index is 0.0538. The molecule has 0 saturated carbocycles. The first-order valence-corrected chi connectivity index (χ1v) is 8.15. The molecule has 2 aliphatic heterocycles. The molecule has 0 fully saturated rings. The number of anilines is 1. The Kier molecular flexibility index (Phi) is 3.80. The van der Waals surface area contributed by atoms with E-state index in [1.54, 1.807) is 11.9 Å². The number of hydrogen-bond donors (Lipinski definition) is 1. The zero-order valence-corrected chi connectivity index (χ0v) is 13.8. The molecule has 0 radical (unpaired) electrons. The molecule has 2 aromatic rings. The third-order valence-electron chi connectivity index (χ3n) is 4.65. The molecule has 6 nitrogen and oxygen atoms in total. The first-order valence-electron chi connectivity index (χ1n) is 8.15. The molecule has 6 heteroatoms. The summed E-state index contributed by atoms with van der Waals surface area (Å²) in [5, 5.41) is 2.93. The molecule has 0 bridgehead atoms. The van der Waals surface area contributed by atoms with E-state index in [9.17, 15) is 9.59 Å². The lowest BCUT2D eigenvalue weighted by Crippen LogP contribution is -2.39. The summed E-state index contributed by atoms with van der Waals surface area (Å²) in [6.07, 6.45) is 0.181. The molecule has 1 N–H and O–H groups in total. The van der Waals surface area contributed by atoms with E-state index in [-0.39, 0.29) is 25.0 Å². The van der Waals surface area contributed by atoms with Crippen LogP contribution in [-0.2, 0) is 16.1 Å². The fourth-order valence-corrected chi connectivity index (χ4v) is 3.24. The quantitative estimate of drug-likeness (QED) is 0.931. The van der Waals surface area contributed by atoms with Crippen LogP contribution in [0.15, 0.2) is 42.5 Å². The summed E-state index contributed by atoms with van der Waals surface area (Å²) in [5.74, 6) is 0.735. The lowest BCUT2D eigenvalue weighted by Gasteiger charge is -2.30. The summed E-state index contributed by atoms with van der Waals surface area (Å²) < 4.78 is 10.6. The highest BCUT2D eigenvalue weighted by molar-refractivity contribution is 6.02. The second-order valence-electron chi connectivity index (χ2n) is 6.17. The third kappa shape index (κ3) is 2.80. The van der Waals surface area contributed by atoms with Crippen molar-refractivity contribution in [3.63, 3.8) is 0 Å². The summed E-state index contributed by atoms with van der Waals surface area (Å²) in [5.41, 5.74) is 2.60. The number of amides is 2. The highest BCUT2D eigenvalue weighted by Crippen LogP contribution is 2.35. The number of nitrogens with zero attached hydrogens (tertiary/aromatic N) is 1. The van der Waals surface area contributed by atoms with Gasteiger partial charge in [-0.15, -0.1) is 0 Å². The zero-order valence-electron chi connectivity index (χ0n) is 13.8. The number of nitrogens with one attached hydrogen (secondary N) is 1. The van der Waals surface area contributed by atoms with Crippen molar-refractivity contribution in [2.45, 2.75) is 18.9 Å². The number of benzene rings is 2. The van der Waals surface area contributed by atoms with Crippen molar-refractivity contribution in [1.29, 1.82) is 0 Å². The molecule has 4 rings (SSSR count). The molecule has 2 amide bonds. The number of ether oxygens (including phenoxy) is 2. The Hall–Kier alpha value is -3.02. The predicted molar refractivity (Wildman–Crippen MR) is 91.6 cm³/mol. The van der Waals surface area contributed by atoms with Crippen LogP contribution >= 0.6 is 0 Å². The smallest absolute Gasteiger partial charge is 0.231 e. The molecular formula is C19H18N2O4. The van der Waals surface area contributed by atoms with Gasteiger partial charge < -0.3 is 19.7 Å². The normalized spacial score (nSPS) is 18.0. The van der Waals surface area contributed by atoms with Gasteiger partial charge in [-0.25, -0.2) is 0 Å². The summed E-state index contributed by atoms with van der Waals surface area (Å²) in [7, 11) is 1.74. The van der Waals surface area contributed by atoms with Gasteiger partial charge in [0.2, 0.25) is 18.6 Å². The maximum Gasteiger partial charge on any atom is 0.231 e. The van der Waals surface area contributed by atoms with Gasteiger partial charge in [-0.1, -0.05) is 24.3 Å². The average molecular weight is 338 g/mol. The van der Waals surface area contributed by atoms with Crippen LogP contribution in [-0.4, -0.2) is 25.7 Å². The minimum atomic E-state index is -0.464. The van der Waals surface area contributed by atoms with Gasteiger partial charge in [0.15, 0.2) is 11.5 Å². The Morgan fingerprint density at radius 2 is 2.00 bits per heavy atom. The Bertz CT molecular complexity index is 849. The molecule has 2 aromatic carbocycles. The second kappa shape index (κ2) is 6.12. The van der Waals surface area contributed by atoms with E-state index in [0.29, 0.717) is 18.0 Å². The van der Waals surface area contributed by atoms with Gasteiger partial charge in [0.05, 0.1) is 5.92 Å². The van der Waals surface area contributed by atoms with Crippen LogP contribution in [0.4, 0.5) is 5.69 Å². The minimum Gasteiger partial charge on any atom is -0.454 e. The van der Waals surface area contributed by atoms with Gasteiger partial charge in [-0.05, 0) is 29.3 Å². The van der Waals surface area contributed by atoms with Crippen molar-refractivity contribution in [2.24, 2.45) is 0 Å². The zero-order chi connectivity index (χ0) is 17.4. The van der Waals surface area contributed by atoms with Crippen molar-refractivity contribution < 1.29 is 19.1 Å². The number of carbonyl (C=O) groups is 2. The topological polar surface area (TPSA) is 67.9 Å². The second-order valence-corrected chi connectivity index (χ2v) is 6.17. The molecule has 0 aliphatic carbocycles. The highest BCUT2D eigenvalue weighted by Gasteiger charge is 2.33. The largest absolute Gasteiger partial charge is 0.454 e. The Balaban J connectivity index is 1.50. The summed E-state index contributed by atoms with van der Waals surface area (Å²) in [4.78, 5) is 26.5. The van der Waals surface area contributed by atoms with Crippen molar-refractivity contribution in [3.8, 4) is 11.5 Å². The first kappa shape index (κ1) is 15.5. The van der Waals surface area contributed by atoms with E-state index in [4.69, 9.17) is 9.47 Å². The van der Waals surface area contributed by atoms with Crippen molar-refractivity contribution in [3.05, 3.63) is 53.6 Å². The number of para-hydroxylation sites is 1. The van der Waals surface area contributed by atoms with Crippen molar-refractivity contribution in [1.82, 2.24) is 5.32 Å². The van der Waals surface area contributed by atoms with Gasteiger partial charge in [-0.2, -0.15) is 0 Å². The molecule has 0 aromatic heterocycles. The van der Waals surface area contributed by atoms with Gasteiger partial charge in [0, 0.05) is 25.7 Å². The van der Waals surface area contributed by atoms with Gasteiger partial charge in [0.25, 0.3) is 0 Å². The molecule has 25 heavy (non-hydrogen) atoms. The molecule has 2 heterocycles. The van der Waals surface area contributed by atoms with Gasteiger partial charge in [-0.3, -0.25) is 9.59 Å². The predicted octanol–water partition coefficient (Wildman–Crippen LogP) is 2.18. The molecule has 0 saturated heterocycles.